The maximum atomic E-state index is 12.2. The summed E-state index contributed by atoms with van der Waals surface area (Å²) in [7, 11) is 1.56. The number of hydrogen-bond acceptors (Lipinski definition) is 5. The lowest BCUT2D eigenvalue weighted by molar-refractivity contribution is -0.118. The molecule has 0 heterocycles. The van der Waals surface area contributed by atoms with Gasteiger partial charge in [-0.3, -0.25) is 14.4 Å². The first-order chi connectivity index (χ1) is 11.5. The molecule has 1 aromatic rings. The van der Waals surface area contributed by atoms with Crippen molar-refractivity contribution in [2.75, 3.05) is 12.8 Å². The van der Waals surface area contributed by atoms with Gasteiger partial charge in [0.25, 0.3) is 5.91 Å². The fourth-order valence-electron chi connectivity index (χ4n) is 2.47. The zero-order valence-electron chi connectivity index (χ0n) is 14.1. The average molecular weight is 350 g/mol. The van der Waals surface area contributed by atoms with Crippen LogP contribution in [-0.2, 0) is 11.3 Å². The number of carbonyl (C=O) groups excluding carboxylic acids is 3. The highest BCUT2D eigenvalue weighted by Crippen LogP contribution is 2.15. The third kappa shape index (κ3) is 6.45. The Bertz CT molecular complexity index is 588. The molecule has 6 heteroatoms. The summed E-state index contributed by atoms with van der Waals surface area (Å²) in [4.78, 5) is 35.4. The Labute approximate surface area is 148 Å². The van der Waals surface area contributed by atoms with E-state index in [2.05, 4.69) is 17.9 Å². The van der Waals surface area contributed by atoms with E-state index in [1.165, 1.54) is 0 Å². The molecule has 0 radical (unpaired) electrons. The van der Waals surface area contributed by atoms with E-state index in [9.17, 15) is 14.4 Å². The second-order valence-corrected chi connectivity index (χ2v) is 6.10. The zero-order valence-corrected chi connectivity index (χ0v) is 15.0. The first-order valence-corrected chi connectivity index (χ1v) is 8.87. The number of nitrogens with two attached hydrogens (primary N) is 1. The van der Waals surface area contributed by atoms with Crippen molar-refractivity contribution < 1.29 is 14.4 Å². The summed E-state index contributed by atoms with van der Waals surface area (Å²) in [6, 6.07) is 5.01. The topological polar surface area (TPSA) is 89.3 Å². The molecule has 0 spiro atoms. The van der Waals surface area contributed by atoms with Crippen molar-refractivity contribution in [3.8, 4) is 0 Å². The van der Waals surface area contributed by atoms with Gasteiger partial charge in [0.1, 0.15) is 5.78 Å². The Balaban J connectivity index is 2.50. The molecule has 0 saturated carbocycles. The molecule has 0 atom stereocenters. The lowest BCUT2D eigenvalue weighted by Gasteiger charge is -2.09. The van der Waals surface area contributed by atoms with Crippen molar-refractivity contribution in [3.63, 3.8) is 0 Å². The third-order valence-corrected chi connectivity index (χ3v) is 4.09. The number of benzene rings is 1. The molecule has 0 fully saturated rings. The molecular weight excluding hydrogens is 324 g/mol. The normalized spacial score (nSPS) is 10.5. The minimum atomic E-state index is -0.208. The maximum absolute atomic E-state index is 12.2. The molecule has 0 aromatic heterocycles. The average Bonchev–Trinajstić information content (AvgIpc) is 2.60. The number of carbonyl (C=O) groups is 3. The van der Waals surface area contributed by atoms with Gasteiger partial charge in [0.2, 0.25) is 0 Å². The molecule has 132 valence electrons. The minimum absolute atomic E-state index is 0.0369. The van der Waals surface area contributed by atoms with Crippen LogP contribution in [0.25, 0.3) is 0 Å². The highest BCUT2D eigenvalue weighted by Gasteiger charge is 2.13. The van der Waals surface area contributed by atoms with E-state index in [-0.39, 0.29) is 24.0 Å². The van der Waals surface area contributed by atoms with E-state index in [0.29, 0.717) is 41.7 Å². The Morgan fingerprint density at radius 2 is 1.79 bits per heavy atom. The molecule has 0 aliphatic carbocycles. The van der Waals surface area contributed by atoms with E-state index in [1.807, 2.05) is 0 Å². The van der Waals surface area contributed by atoms with E-state index < -0.39 is 0 Å². The number of unbranched alkanes of at least 4 members (excludes halogenated alkanes) is 2. The van der Waals surface area contributed by atoms with Crippen LogP contribution in [-0.4, -0.2) is 30.3 Å². The van der Waals surface area contributed by atoms with Crippen LogP contribution >= 0.6 is 12.6 Å². The molecule has 1 aromatic carbocycles. The van der Waals surface area contributed by atoms with Crippen LogP contribution in [0.5, 0.6) is 0 Å². The number of rotatable bonds is 11. The zero-order chi connectivity index (χ0) is 17.9. The highest BCUT2D eigenvalue weighted by atomic mass is 32.1. The van der Waals surface area contributed by atoms with Crippen LogP contribution in [0.15, 0.2) is 18.2 Å². The molecule has 0 aliphatic rings. The standard InChI is InChI=1S/C18H26N2O3S/c1-20-18(23)16-8-7-13(11-14(16)12-19)17(22)6-4-2-3-5-15(21)9-10-24/h7-8,11,24H,2-6,9-10,12,19H2,1H3,(H,20,23). The largest absolute Gasteiger partial charge is 0.355 e. The van der Waals surface area contributed by atoms with E-state index in [1.54, 1.807) is 25.2 Å². The minimum Gasteiger partial charge on any atom is -0.355 e. The van der Waals surface area contributed by atoms with Crippen LogP contribution in [0.3, 0.4) is 0 Å². The molecule has 0 saturated heterocycles. The Morgan fingerprint density at radius 3 is 2.42 bits per heavy atom. The van der Waals surface area contributed by atoms with Crippen LogP contribution in [0.1, 0.15) is 64.8 Å². The van der Waals surface area contributed by atoms with Gasteiger partial charge in [-0.15, -0.1) is 0 Å². The van der Waals surface area contributed by atoms with Gasteiger partial charge >= 0.3 is 0 Å². The second kappa shape index (κ2) is 11.0. The lowest BCUT2D eigenvalue weighted by atomic mass is 9.98. The number of amides is 1. The predicted molar refractivity (Wildman–Crippen MR) is 98.6 cm³/mol. The Hall–Kier alpha value is -1.66. The van der Waals surface area contributed by atoms with Gasteiger partial charge in [-0.2, -0.15) is 12.6 Å². The van der Waals surface area contributed by atoms with Crippen LogP contribution < -0.4 is 11.1 Å². The summed E-state index contributed by atoms with van der Waals surface area (Å²) in [5.74, 6) is 0.649. The van der Waals surface area contributed by atoms with Gasteiger partial charge in [0.05, 0.1) is 0 Å². The van der Waals surface area contributed by atoms with Crippen molar-refractivity contribution in [1.82, 2.24) is 5.32 Å². The number of nitrogens with one attached hydrogen (secondary N) is 1. The monoisotopic (exact) mass is 350 g/mol. The van der Waals surface area contributed by atoms with Crippen molar-refractivity contribution >= 4 is 30.1 Å². The van der Waals surface area contributed by atoms with E-state index in [0.717, 1.165) is 19.3 Å². The Kier molecular flexibility index (Phi) is 9.34. The summed E-state index contributed by atoms with van der Waals surface area (Å²) < 4.78 is 0. The summed E-state index contributed by atoms with van der Waals surface area (Å²) in [5.41, 5.74) is 7.42. The summed E-state index contributed by atoms with van der Waals surface area (Å²) in [5, 5.41) is 2.56. The van der Waals surface area contributed by atoms with E-state index >= 15 is 0 Å². The first kappa shape index (κ1) is 20.4. The second-order valence-electron chi connectivity index (χ2n) is 5.65. The fourth-order valence-corrected chi connectivity index (χ4v) is 2.72. The molecule has 0 aliphatic heterocycles. The van der Waals surface area contributed by atoms with Gasteiger partial charge in [-0.1, -0.05) is 12.5 Å². The van der Waals surface area contributed by atoms with Gasteiger partial charge in [-0.05, 0) is 36.3 Å². The van der Waals surface area contributed by atoms with Gasteiger partial charge in [0, 0.05) is 44.0 Å². The molecular formula is C18H26N2O3S. The smallest absolute Gasteiger partial charge is 0.251 e. The Morgan fingerprint density at radius 1 is 1.08 bits per heavy atom. The molecule has 1 amide bonds. The summed E-state index contributed by atoms with van der Waals surface area (Å²) in [6.45, 7) is 0.205. The van der Waals surface area contributed by atoms with Crippen molar-refractivity contribution in [2.24, 2.45) is 5.73 Å². The number of hydrogen-bond donors (Lipinski definition) is 3. The fraction of sp³-hybridized carbons (Fsp3) is 0.500. The van der Waals surface area contributed by atoms with Crippen molar-refractivity contribution in [1.29, 1.82) is 0 Å². The van der Waals surface area contributed by atoms with Gasteiger partial charge in [-0.25, -0.2) is 0 Å². The highest BCUT2D eigenvalue weighted by molar-refractivity contribution is 7.80. The van der Waals surface area contributed by atoms with Gasteiger partial charge < -0.3 is 11.1 Å². The molecule has 3 N–H and O–H groups in total. The third-order valence-electron chi connectivity index (χ3n) is 3.87. The number of thiol groups is 1. The van der Waals surface area contributed by atoms with Crippen LogP contribution in [0.2, 0.25) is 0 Å². The predicted octanol–water partition coefficient (Wildman–Crippen LogP) is 2.53. The number of Topliss-reactive ketones (excluding diaryl/α,β-unsaturated/α-hetero) is 2. The quantitative estimate of drug-likeness (QED) is 0.325. The van der Waals surface area contributed by atoms with Crippen molar-refractivity contribution in [3.05, 3.63) is 34.9 Å². The van der Waals surface area contributed by atoms with E-state index in [4.69, 9.17) is 5.73 Å². The summed E-state index contributed by atoms with van der Waals surface area (Å²) >= 11 is 4.03. The van der Waals surface area contributed by atoms with Gasteiger partial charge in [0.15, 0.2) is 5.78 Å². The van der Waals surface area contributed by atoms with Crippen LogP contribution in [0, 0.1) is 0 Å². The first-order valence-electron chi connectivity index (χ1n) is 8.24. The van der Waals surface area contributed by atoms with Crippen molar-refractivity contribution in [2.45, 2.75) is 45.1 Å². The molecule has 0 unspecified atom stereocenters. The van der Waals surface area contributed by atoms with Crippen LogP contribution in [0.4, 0.5) is 0 Å². The molecule has 24 heavy (non-hydrogen) atoms. The lowest BCUT2D eigenvalue weighted by Crippen LogP contribution is -2.21. The SMILES string of the molecule is CNC(=O)c1ccc(C(=O)CCCCCC(=O)CCS)cc1CN. The molecule has 0 bridgehead atoms. The molecule has 1 rings (SSSR count). The maximum Gasteiger partial charge on any atom is 0.251 e. The number of ketones is 2. The molecule has 5 nitrogen and oxygen atoms in total. The summed E-state index contributed by atoms with van der Waals surface area (Å²) in [6.07, 6.45) is 3.92.